The maximum atomic E-state index is 11.5. The average Bonchev–Trinajstić information content (AvgIpc) is 2.46. The summed E-state index contributed by atoms with van der Waals surface area (Å²) in [5, 5.41) is 5.19. The van der Waals surface area contributed by atoms with Crippen LogP contribution in [0.5, 0.6) is 5.75 Å². The summed E-state index contributed by atoms with van der Waals surface area (Å²) in [5.41, 5.74) is 2.15. The van der Waals surface area contributed by atoms with Crippen molar-refractivity contribution < 1.29 is 13.2 Å². The SMILES string of the molecule is COc1cc(CC(C)(C)c2ccccc2)ccc1S(N)(=O)=O. The first-order valence-corrected chi connectivity index (χ1v) is 8.54. The molecule has 0 saturated heterocycles. The molecule has 2 N–H and O–H groups in total. The van der Waals surface area contributed by atoms with E-state index in [9.17, 15) is 8.42 Å². The maximum absolute atomic E-state index is 11.5. The van der Waals surface area contributed by atoms with Crippen LogP contribution in [-0.2, 0) is 21.9 Å². The largest absolute Gasteiger partial charge is 0.495 e. The van der Waals surface area contributed by atoms with Crippen molar-refractivity contribution in [3.05, 3.63) is 59.7 Å². The quantitative estimate of drug-likeness (QED) is 0.921. The van der Waals surface area contributed by atoms with Crippen molar-refractivity contribution in [1.29, 1.82) is 0 Å². The molecule has 0 aliphatic heterocycles. The van der Waals surface area contributed by atoms with Gasteiger partial charge < -0.3 is 4.74 Å². The molecule has 22 heavy (non-hydrogen) atoms. The Morgan fingerprint density at radius 3 is 2.27 bits per heavy atom. The van der Waals surface area contributed by atoms with Crippen LogP contribution in [0.15, 0.2) is 53.4 Å². The van der Waals surface area contributed by atoms with Gasteiger partial charge in [-0.05, 0) is 35.1 Å². The molecule has 5 heteroatoms. The van der Waals surface area contributed by atoms with Crippen molar-refractivity contribution >= 4 is 10.0 Å². The molecule has 0 unspecified atom stereocenters. The van der Waals surface area contributed by atoms with Gasteiger partial charge in [0.25, 0.3) is 0 Å². The van der Waals surface area contributed by atoms with Gasteiger partial charge in [-0.2, -0.15) is 0 Å². The lowest BCUT2D eigenvalue weighted by Gasteiger charge is -2.25. The van der Waals surface area contributed by atoms with Gasteiger partial charge in [0.05, 0.1) is 7.11 Å². The van der Waals surface area contributed by atoms with E-state index in [0.717, 1.165) is 12.0 Å². The van der Waals surface area contributed by atoms with E-state index in [1.807, 2.05) is 18.2 Å². The first-order chi connectivity index (χ1) is 10.2. The van der Waals surface area contributed by atoms with E-state index in [1.54, 1.807) is 12.1 Å². The van der Waals surface area contributed by atoms with E-state index < -0.39 is 10.0 Å². The Kier molecular flexibility index (Phi) is 4.58. The molecule has 0 aliphatic carbocycles. The van der Waals surface area contributed by atoms with Gasteiger partial charge in [-0.3, -0.25) is 0 Å². The number of benzene rings is 2. The monoisotopic (exact) mass is 319 g/mol. The van der Waals surface area contributed by atoms with Crippen LogP contribution in [0.3, 0.4) is 0 Å². The third-order valence-corrected chi connectivity index (χ3v) is 4.69. The second-order valence-electron chi connectivity index (χ2n) is 5.96. The zero-order valence-electron chi connectivity index (χ0n) is 13.0. The molecule has 4 nitrogen and oxygen atoms in total. The van der Waals surface area contributed by atoms with Gasteiger partial charge in [-0.15, -0.1) is 0 Å². The van der Waals surface area contributed by atoms with Crippen LogP contribution in [-0.4, -0.2) is 15.5 Å². The summed E-state index contributed by atoms with van der Waals surface area (Å²) in [7, 11) is -2.34. The Morgan fingerprint density at radius 1 is 1.09 bits per heavy atom. The van der Waals surface area contributed by atoms with E-state index in [0.29, 0.717) is 0 Å². The molecule has 118 valence electrons. The summed E-state index contributed by atoms with van der Waals surface area (Å²) >= 11 is 0. The summed E-state index contributed by atoms with van der Waals surface area (Å²) in [5.74, 6) is 0.281. The Morgan fingerprint density at radius 2 is 1.73 bits per heavy atom. The van der Waals surface area contributed by atoms with Crippen LogP contribution in [0.2, 0.25) is 0 Å². The first kappa shape index (κ1) is 16.5. The summed E-state index contributed by atoms with van der Waals surface area (Å²) in [6.07, 6.45) is 0.762. The number of rotatable bonds is 5. The second kappa shape index (κ2) is 6.10. The molecular formula is C17H21NO3S. The van der Waals surface area contributed by atoms with Gasteiger partial charge in [0.2, 0.25) is 10.0 Å². The van der Waals surface area contributed by atoms with Crippen molar-refractivity contribution in [1.82, 2.24) is 0 Å². The second-order valence-corrected chi connectivity index (χ2v) is 7.49. The third kappa shape index (κ3) is 3.67. The van der Waals surface area contributed by atoms with Crippen LogP contribution in [0, 0.1) is 0 Å². The van der Waals surface area contributed by atoms with Crippen molar-refractivity contribution in [3.63, 3.8) is 0 Å². The molecule has 0 aromatic heterocycles. The molecule has 0 heterocycles. The molecule has 0 fully saturated rings. The fourth-order valence-electron chi connectivity index (χ4n) is 2.56. The van der Waals surface area contributed by atoms with Gasteiger partial charge in [0.15, 0.2) is 0 Å². The van der Waals surface area contributed by atoms with E-state index >= 15 is 0 Å². The number of sulfonamides is 1. The smallest absolute Gasteiger partial charge is 0.241 e. The highest BCUT2D eigenvalue weighted by molar-refractivity contribution is 7.89. The Hall–Kier alpha value is -1.85. The minimum absolute atomic E-state index is 0.0104. The summed E-state index contributed by atoms with van der Waals surface area (Å²) in [4.78, 5) is 0.0104. The normalized spacial score (nSPS) is 12.2. The first-order valence-electron chi connectivity index (χ1n) is 6.99. The van der Waals surface area contributed by atoms with E-state index in [-0.39, 0.29) is 16.1 Å². The van der Waals surface area contributed by atoms with Crippen molar-refractivity contribution in [3.8, 4) is 5.75 Å². The molecule has 2 rings (SSSR count). The molecule has 0 bridgehead atoms. The highest BCUT2D eigenvalue weighted by Gasteiger charge is 2.22. The van der Waals surface area contributed by atoms with Crippen LogP contribution < -0.4 is 9.88 Å². The molecule has 0 spiro atoms. The average molecular weight is 319 g/mol. The summed E-state index contributed by atoms with van der Waals surface area (Å²) in [6.45, 7) is 4.31. The van der Waals surface area contributed by atoms with Crippen LogP contribution in [0.1, 0.15) is 25.0 Å². The number of hydrogen-bond acceptors (Lipinski definition) is 3. The fraction of sp³-hybridized carbons (Fsp3) is 0.294. The maximum Gasteiger partial charge on any atom is 0.241 e. The molecule has 0 saturated carbocycles. The summed E-state index contributed by atoms with van der Waals surface area (Å²) < 4.78 is 28.2. The molecule has 0 aliphatic rings. The number of nitrogens with two attached hydrogens (primary N) is 1. The van der Waals surface area contributed by atoms with Crippen LogP contribution in [0.4, 0.5) is 0 Å². The Labute approximate surface area is 132 Å². The lowest BCUT2D eigenvalue weighted by Crippen LogP contribution is -2.20. The minimum atomic E-state index is -3.78. The van der Waals surface area contributed by atoms with Gasteiger partial charge in [-0.1, -0.05) is 50.2 Å². The molecule has 0 atom stereocenters. The van der Waals surface area contributed by atoms with Gasteiger partial charge in [0, 0.05) is 0 Å². The van der Waals surface area contributed by atoms with Crippen molar-refractivity contribution in [2.45, 2.75) is 30.6 Å². The van der Waals surface area contributed by atoms with Gasteiger partial charge >= 0.3 is 0 Å². The standard InChI is InChI=1S/C17H21NO3S/c1-17(2,14-7-5-4-6-8-14)12-13-9-10-16(22(18,19)20)15(11-13)21-3/h4-11H,12H2,1-3H3,(H2,18,19,20). The lowest BCUT2D eigenvalue weighted by molar-refractivity contribution is 0.401. The molecular weight excluding hydrogens is 298 g/mol. The highest BCUT2D eigenvalue weighted by Crippen LogP contribution is 2.30. The zero-order chi connectivity index (χ0) is 16.4. The van der Waals surface area contributed by atoms with Crippen molar-refractivity contribution in [2.75, 3.05) is 7.11 Å². The lowest BCUT2D eigenvalue weighted by atomic mass is 9.79. The number of primary sulfonamides is 1. The Bertz CT molecular complexity index is 753. The highest BCUT2D eigenvalue weighted by atomic mass is 32.2. The predicted octanol–water partition coefficient (Wildman–Crippen LogP) is 2.86. The molecule has 0 radical (unpaired) electrons. The van der Waals surface area contributed by atoms with Crippen LogP contribution >= 0.6 is 0 Å². The van der Waals surface area contributed by atoms with Crippen molar-refractivity contribution in [2.24, 2.45) is 5.14 Å². The minimum Gasteiger partial charge on any atom is -0.495 e. The molecule has 0 amide bonds. The number of ether oxygens (including phenoxy) is 1. The van der Waals surface area contributed by atoms with E-state index in [1.165, 1.54) is 18.7 Å². The van der Waals surface area contributed by atoms with E-state index in [2.05, 4.69) is 26.0 Å². The molecule has 2 aromatic rings. The molecule has 2 aromatic carbocycles. The van der Waals surface area contributed by atoms with Gasteiger partial charge in [-0.25, -0.2) is 13.6 Å². The Balaban J connectivity index is 2.35. The predicted molar refractivity (Wildman–Crippen MR) is 87.5 cm³/mol. The fourth-order valence-corrected chi connectivity index (χ4v) is 3.24. The van der Waals surface area contributed by atoms with Crippen LogP contribution in [0.25, 0.3) is 0 Å². The topological polar surface area (TPSA) is 69.4 Å². The number of hydrogen-bond donors (Lipinski definition) is 1. The zero-order valence-corrected chi connectivity index (χ0v) is 13.9. The van der Waals surface area contributed by atoms with E-state index in [4.69, 9.17) is 9.88 Å². The third-order valence-electron chi connectivity index (χ3n) is 3.74. The summed E-state index contributed by atoms with van der Waals surface area (Å²) in [6, 6.07) is 15.2. The number of methoxy groups -OCH3 is 1. The van der Waals surface area contributed by atoms with Gasteiger partial charge in [0.1, 0.15) is 10.6 Å².